The highest BCUT2D eigenvalue weighted by Crippen LogP contribution is 2.32. The van der Waals surface area contributed by atoms with Gasteiger partial charge in [0.15, 0.2) is 0 Å². The van der Waals surface area contributed by atoms with E-state index >= 15 is 0 Å². The third-order valence-electron chi connectivity index (χ3n) is 3.02. The van der Waals surface area contributed by atoms with Gasteiger partial charge in [0.25, 0.3) is 5.56 Å². The Labute approximate surface area is 117 Å². The van der Waals surface area contributed by atoms with Crippen LogP contribution >= 0.6 is 0 Å². The van der Waals surface area contributed by atoms with E-state index in [9.17, 15) is 22.8 Å². The second-order valence-corrected chi connectivity index (χ2v) is 4.43. The van der Waals surface area contributed by atoms with Gasteiger partial charge in [-0.1, -0.05) is 0 Å². The standard InChI is InChI=1S/C14H12F3NO3/c1-3-21-13(20)11-7(2)18-12(19)9-5-4-8(6-10(9)11)14(15,16)17/h4-6H,3H2,1-2H3,(H,18,19). The molecule has 0 fully saturated rings. The molecule has 0 aliphatic rings. The summed E-state index contributed by atoms with van der Waals surface area (Å²) in [6.45, 7) is 3.10. The van der Waals surface area contributed by atoms with Crippen LogP contribution in [0.2, 0.25) is 0 Å². The maximum absolute atomic E-state index is 12.8. The summed E-state index contributed by atoms with van der Waals surface area (Å²) >= 11 is 0. The summed E-state index contributed by atoms with van der Waals surface area (Å²) in [4.78, 5) is 26.2. The van der Waals surface area contributed by atoms with Crippen LogP contribution in [0.5, 0.6) is 0 Å². The van der Waals surface area contributed by atoms with E-state index in [2.05, 4.69) is 4.98 Å². The Hall–Kier alpha value is -2.31. The number of aryl methyl sites for hydroxylation is 1. The molecule has 0 amide bonds. The van der Waals surface area contributed by atoms with Crippen molar-refractivity contribution in [2.24, 2.45) is 0 Å². The maximum Gasteiger partial charge on any atom is 0.416 e. The minimum Gasteiger partial charge on any atom is -0.462 e. The molecule has 1 heterocycles. The lowest BCUT2D eigenvalue weighted by atomic mass is 10.0. The fourth-order valence-corrected chi connectivity index (χ4v) is 2.09. The van der Waals surface area contributed by atoms with E-state index in [0.717, 1.165) is 18.2 Å². The van der Waals surface area contributed by atoms with E-state index in [4.69, 9.17) is 4.74 Å². The molecule has 0 aliphatic carbocycles. The Balaban J connectivity index is 2.82. The monoisotopic (exact) mass is 299 g/mol. The number of fused-ring (bicyclic) bond motifs is 1. The van der Waals surface area contributed by atoms with Crippen molar-refractivity contribution in [3.05, 3.63) is 45.4 Å². The first kappa shape index (κ1) is 15.1. The number of aromatic nitrogens is 1. The van der Waals surface area contributed by atoms with Gasteiger partial charge in [-0.15, -0.1) is 0 Å². The van der Waals surface area contributed by atoms with Crippen molar-refractivity contribution in [3.8, 4) is 0 Å². The molecule has 1 N–H and O–H groups in total. The van der Waals surface area contributed by atoms with Crippen LogP contribution in [0, 0.1) is 6.92 Å². The van der Waals surface area contributed by atoms with E-state index in [1.807, 2.05) is 0 Å². The lowest BCUT2D eigenvalue weighted by Gasteiger charge is -2.12. The summed E-state index contributed by atoms with van der Waals surface area (Å²) in [5.74, 6) is -0.768. The van der Waals surface area contributed by atoms with Gasteiger partial charge in [-0.3, -0.25) is 4.79 Å². The van der Waals surface area contributed by atoms with Crippen LogP contribution in [0.1, 0.15) is 28.5 Å². The van der Waals surface area contributed by atoms with Crippen molar-refractivity contribution in [1.29, 1.82) is 0 Å². The number of alkyl halides is 3. The van der Waals surface area contributed by atoms with Crippen molar-refractivity contribution >= 4 is 16.7 Å². The molecule has 4 nitrogen and oxygen atoms in total. The number of pyridine rings is 1. The third kappa shape index (κ3) is 2.76. The third-order valence-corrected chi connectivity index (χ3v) is 3.02. The molecule has 21 heavy (non-hydrogen) atoms. The second-order valence-electron chi connectivity index (χ2n) is 4.43. The molecule has 0 spiro atoms. The predicted molar refractivity (Wildman–Crippen MR) is 70.3 cm³/mol. The Morgan fingerprint density at radius 2 is 1.95 bits per heavy atom. The zero-order valence-electron chi connectivity index (χ0n) is 11.3. The number of esters is 1. The molecule has 0 radical (unpaired) electrons. The molecule has 0 atom stereocenters. The zero-order chi connectivity index (χ0) is 15.8. The van der Waals surface area contributed by atoms with Gasteiger partial charge in [0, 0.05) is 16.5 Å². The second kappa shape index (κ2) is 5.23. The number of H-pyrrole nitrogens is 1. The Morgan fingerprint density at radius 3 is 2.52 bits per heavy atom. The molecule has 0 aliphatic heterocycles. The lowest BCUT2D eigenvalue weighted by molar-refractivity contribution is -0.137. The van der Waals surface area contributed by atoms with Crippen molar-refractivity contribution in [2.45, 2.75) is 20.0 Å². The maximum atomic E-state index is 12.8. The number of hydrogen-bond acceptors (Lipinski definition) is 3. The molecule has 0 unspecified atom stereocenters. The van der Waals surface area contributed by atoms with Gasteiger partial charge in [-0.2, -0.15) is 13.2 Å². The van der Waals surface area contributed by atoms with Crippen LogP contribution < -0.4 is 5.56 Å². The molecule has 112 valence electrons. The summed E-state index contributed by atoms with van der Waals surface area (Å²) in [6, 6.07) is 2.66. The van der Waals surface area contributed by atoms with Gasteiger partial charge in [0.2, 0.25) is 0 Å². The van der Waals surface area contributed by atoms with E-state index in [1.54, 1.807) is 6.92 Å². The zero-order valence-corrected chi connectivity index (χ0v) is 11.3. The summed E-state index contributed by atoms with van der Waals surface area (Å²) in [7, 11) is 0. The van der Waals surface area contributed by atoms with Crippen molar-refractivity contribution in [2.75, 3.05) is 6.61 Å². The van der Waals surface area contributed by atoms with E-state index in [0.29, 0.717) is 0 Å². The van der Waals surface area contributed by atoms with Gasteiger partial charge in [0.1, 0.15) is 0 Å². The van der Waals surface area contributed by atoms with Crippen molar-refractivity contribution in [3.63, 3.8) is 0 Å². The molecule has 1 aromatic carbocycles. The number of nitrogens with one attached hydrogen (secondary N) is 1. The average molecular weight is 299 g/mol. The Morgan fingerprint density at radius 1 is 1.29 bits per heavy atom. The fraction of sp³-hybridized carbons (Fsp3) is 0.286. The van der Waals surface area contributed by atoms with Gasteiger partial charge in [-0.05, 0) is 32.0 Å². The predicted octanol–water partition coefficient (Wildman–Crippen LogP) is 3.03. The number of carbonyl (C=O) groups is 1. The number of carbonyl (C=O) groups excluding carboxylic acids is 1. The average Bonchev–Trinajstić information content (AvgIpc) is 2.37. The molecular formula is C14H12F3NO3. The molecule has 0 saturated carbocycles. The number of rotatable bonds is 2. The van der Waals surface area contributed by atoms with Crippen molar-refractivity contribution < 1.29 is 22.7 Å². The summed E-state index contributed by atoms with van der Waals surface area (Å²) in [5, 5.41) is -0.0545. The van der Waals surface area contributed by atoms with Crippen LogP contribution in [0.4, 0.5) is 13.2 Å². The molecule has 2 rings (SSSR count). The number of benzene rings is 1. The lowest BCUT2D eigenvalue weighted by Crippen LogP contribution is -2.16. The van der Waals surface area contributed by atoms with E-state index < -0.39 is 23.3 Å². The van der Waals surface area contributed by atoms with Crippen LogP contribution in [0.15, 0.2) is 23.0 Å². The first-order valence-electron chi connectivity index (χ1n) is 6.16. The number of hydrogen-bond donors (Lipinski definition) is 1. The smallest absolute Gasteiger partial charge is 0.416 e. The number of ether oxygens (including phenoxy) is 1. The van der Waals surface area contributed by atoms with Gasteiger partial charge >= 0.3 is 12.1 Å². The molecule has 7 heteroatoms. The first-order chi connectivity index (χ1) is 9.75. The first-order valence-corrected chi connectivity index (χ1v) is 6.16. The van der Waals surface area contributed by atoms with Gasteiger partial charge in [0.05, 0.1) is 17.7 Å². The van der Waals surface area contributed by atoms with Crippen LogP contribution in [-0.4, -0.2) is 17.6 Å². The largest absolute Gasteiger partial charge is 0.462 e. The quantitative estimate of drug-likeness (QED) is 0.867. The van der Waals surface area contributed by atoms with E-state index in [-0.39, 0.29) is 28.6 Å². The molecular weight excluding hydrogens is 287 g/mol. The summed E-state index contributed by atoms with van der Waals surface area (Å²) in [6.07, 6.45) is -4.56. The highest BCUT2D eigenvalue weighted by Gasteiger charge is 2.31. The highest BCUT2D eigenvalue weighted by molar-refractivity contribution is 6.05. The van der Waals surface area contributed by atoms with E-state index in [1.165, 1.54) is 6.92 Å². The fourth-order valence-electron chi connectivity index (χ4n) is 2.09. The van der Waals surface area contributed by atoms with Gasteiger partial charge < -0.3 is 9.72 Å². The molecule has 2 aromatic rings. The topological polar surface area (TPSA) is 59.2 Å². The summed E-state index contributed by atoms with van der Waals surface area (Å²) in [5.41, 5.74) is -1.36. The minimum absolute atomic E-state index is 0.0108. The van der Waals surface area contributed by atoms with Crippen LogP contribution in [0.25, 0.3) is 10.8 Å². The molecule has 0 saturated heterocycles. The molecule has 1 aromatic heterocycles. The Kier molecular flexibility index (Phi) is 3.76. The number of aromatic amines is 1. The SMILES string of the molecule is CCOC(=O)c1c(C)[nH]c(=O)c2ccc(C(F)(F)F)cc12. The Bertz CT molecular complexity index is 762. The van der Waals surface area contributed by atoms with Crippen LogP contribution in [-0.2, 0) is 10.9 Å². The molecule has 0 bridgehead atoms. The van der Waals surface area contributed by atoms with Gasteiger partial charge in [-0.25, -0.2) is 4.79 Å². The minimum atomic E-state index is -4.56. The van der Waals surface area contributed by atoms with Crippen LogP contribution in [0.3, 0.4) is 0 Å². The summed E-state index contributed by atoms with van der Waals surface area (Å²) < 4.78 is 43.2. The number of halogens is 3. The normalized spacial score (nSPS) is 11.7. The van der Waals surface area contributed by atoms with Crippen molar-refractivity contribution in [1.82, 2.24) is 4.98 Å². The highest BCUT2D eigenvalue weighted by atomic mass is 19.4.